The Balaban J connectivity index is 2.32. The van der Waals surface area contributed by atoms with Gasteiger partial charge in [0.05, 0.1) is 12.7 Å². The molecule has 1 aromatic rings. The highest BCUT2D eigenvalue weighted by molar-refractivity contribution is 6.09. The zero-order valence-electron chi connectivity index (χ0n) is 10.3. The number of unbranched alkanes of at least 4 members (excludes halogenated alkanes) is 1. The Labute approximate surface area is 102 Å². The minimum Gasteiger partial charge on any atom is -0.497 e. The molecule has 0 spiro atoms. The lowest BCUT2D eigenvalue weighted by Gasteiger charge is -2.16. The molecule has 2 rings (SSSR count). The van der Waals surface area contributed by atoms with Crippen LogP contribution in [0.25, 0.3) is 5.70 Å². The first-order chi connectivity index (χ1) is 8.19. The third-order valence-electron chi connectivity index (χ3n) is 3.07. The van der Waals surface area contributed by atoms with Crippen molar-refractivity contribution < 1.29 is 9.53 Å². The molecule has 17 heavy (non-hydrogen) atoms. The van der Waals surface area contributed by atoms with Gasteiger partial charge in [-0.3, -0.25) is 4.79 Å². The number of rotatable bonds is 4. The van der Waals surface area contributed by atoms with Crippen molar-refractivity contribution >= 4 is 11.6 Å². The van der Waals surface area contributed by atoms with E-state index in [4.69, 9.17) is 4.74 Å². The number of ether oxygens (including phenoxy) is 1. The molecule has 0 atom stereocenters. The number of carbonyl (C=O) groups is 1. The van der Waals surface area contributed by atoms with Gasteiger partial charge in [0.1, 0.15) is 5.75 Å². The summed E-state index contributed by atoms with van der Waals surface area (Å²) in [6.45, 7) is 6.85. The molecule has 3 nitrogen and oxygen atoms in total. The van der Waals surface area contributed by atoms with E-state index < -0.39 is 0 Å². The Bertz CT molecular complexity index is 465. The van der Waals surface area contributed by atoms with Gasteiger partial charge in [-0.1, -0.05) is 19.9 Å². The van der Waals surface area contributed by atoms with E-state index in [-0.39, 0.29) is 5.91 Å². The largest absolute Gasteiger partial charge is 0.497 e. The molecular weight excluding hydrogens is 214 g/mol. The number of carbonyl (C=O) groups excluding carboxylic acids is 1. The average molecular weight is 231 g/mol. The summed E-state index contributed by atoms with van der Waals surface area (Å²) in [7, 11) is 1.60. The fraction of sp³-hybridized carbons (Fsp3) is 0.357. The number of hydrogen-bond donors (Lipinski definition) is 0. The first-order valence-electron chi connectivity index (χ1n) is 5.88. The van der Waals surface area contributed by atoms with Crippen molar-refractivity contribution in [2.45, 2.75) is 19.8 Å². The van der Waals surface area contributed by atoms with Gasteiger partial charge in [-0.05, 0) is 24.6 Å². The highest BCUT2D eigenvalue weighted by Crippen LogP contribution is 2.33. The van der Waals surface area contributed by atoms with Crippen molar-refractivity contribution in [3.63, 3.8) is 0 Å². The fourth-order valence-electron chi connectivity index (χ4n) is 2.05. The van der Waals surface area contributed by atoms with Crippen LogP contribution in [-0.2, 0) is 0 Å². The monoisotopic (exact) mass is 231 g/mol. The van der Waals surface area contributed by atoms with Gasteiger partial charge in [-0.25, -0.2) is 0 Å². The van der Waals surface area contributed by atoms with Crippen LogP contribution in [0.15, 0.2) is 24.8 Å². The summed E-state index contributed by atoms with van der Waals surface area (Å²) in [5.74, 6) is 0.750. The number of hydrogen-bond acceptors (Lipinski definition) is 2. The predicted molar refractivity (Wildman–Crippen MR) is 68.0 cm³/mol. The Hall–Kier alpha value is -1.77. The maximum Gasteiger partial charge on any atom is 0.259 e. The quantitative estimate of drug-likeness (QED) is 0.797. The van der Waals surface area contributed by atoms with E-state index in [1.165, 1.54) is 0 Å². The second-order valence-corrected chi connectivity index (χ2v) is 4.17. The Morgan fingerprint density at radius 1 is 1.35 bits per heavy atom. The summed E-state index contributed by atoms with van der Waals surface area (Å²) in [4.78, 5) is 13.9. The van der Waals surface area contributed by atoms with E-state index in [9.17, 15) is 4.79 Å². The van der Waals surface area contributed by atoms with Gasteiger partial charge < -0.3 is 9.64 Å². The van der Waals surface area contributed by atoms with Crippen LogP contribution in [0.2, 0.25) is 0 Å². The van der Waals surface area contributed by atoms with E-state index in [0.29, 0.717) is 11.3 Å². The minimum atomic E-state index is 0.0392. The third-order valence-corrected chi connectivity index (χ3v) is 3.07. The maximum atomic E-state index is 12.2. The molecule has 0 unspecified atom stereocenters. The first kappa shape index (κ1) is 11.7. The normalized spacial score (nSPS) is 14.1. The van der Waals surface area contributed by atoms with E-state index in [1.54, 1.807) is 18.1 Å². The molecule has 0 bridgehead atoms. The summed E-state index contributed by atoms with van der Waals surface area (Å²) in [6.07, 6.45) is 2.06. The van der Waals surface area contributed by atoms with Gasteiger partial charge in [0, 0.05) is 17.8 Å². The van der Waals surface area contributed by atoms with E-state index in [2.05, 4.69) is 13.5 Å². The highest BCUT2D eigenvalue weighted by Gasteiger charge is 2.30. The van der Waals surface area contributed by atoms with Crippen molar-refractivity contribution in [3.05, 3.63) is 35.9 Å². The van der Waals surface area contributed by atoms with Crippen molar-refractivity contribution in [2.75, 3.05) is 13.7 Å². The van der Waals surface area contributed by atoms with E-state index in [1.807, 2.05) is 12.1 Å². The summed E-state index contributed by atoms with van der Waals surface area (Å²) in [6, 6.07) is 5.55. The lowest BCUT2D eigenvalue weighted by molar-refractivity contribution is 0.0849. The zero-order chi connectivity index (χ0) is 12.4. The van der Waals surface area contributed by atoms with Crippen LogP contribution < -0.4 is 4.74 Å². The van der Waals surface area contributed by atoms with Crippen molar-refractivity contribution in [3.8, 4) is 5.75 Å². The molecule has 1 aliphatic heterocycles. The van der Waals surface area contributed by atoms with Crippen LogP contribution in [0.1, 0.15) is 35.7 Å². The first-order valence-corrected chi connectivity index (χ1v) is 5.88. The lowest BCUT2D eigenvalue weighted by Crippen LogP contribution is -2.23. The van der Waals surface area contributed by atoms with Crippen LogP contribution >= 0.6 is 0 Å². The van der Waals surface area contributed by atoms with Crippen LogP contribution in [0, 0.1) is 0 Å². The topological polar surface area (TPSA) is 29.5 Å². The standard InChI is InChI=1S/C14H17NO2/c1-4-5-8-15-10(2)12-7-6-11(17-3)9-13(12)14(15)16/h6-7,9H,2,4-5,8H2,1,3H3. The minimum absolute atomic E-state index is 0.0392. The van der Waals surface area contributed by atoms with Crippen LogP contribution in [0.3, 0.4) is 0 Å². The third kappa shape index (κ3) is 1.93. The molecule has 0 fully saturated rings. The van der Waals surface area contributed by atoms with Crippen molar-refractivity contribution in [1.29, 1.82) is 0 Å². The number of benzene rings is 1. The van der Waals surface area contributed by atoms with Gasteiger partial charge in [0.15, 0.2) is 0 Å². The number of methoxy groups -OCH3 is 1. The predicted octanol–water partition coefficient (Wildman–Crippen LogP) is 2.92. The SMILES string of the molecule is C=C1c2ccc(OC)cc2C(=O)N1CCCC. The Kier molecular flexibility index (Phi) is 3.18. The molecule has 90 valence electrons. The maximum absolute atomic E-state index is 12.2. The molecule has 1 aromatic carbocycles. The van der Waals surface area contributed by atoms with Gasteiger partial charge in [0.25, 0.3) is 5.91 Å². The van der Waals surface area contributed by atoms with Gasteiger partial charge >= 0.3 is 0 Å². The molecule has 1 amide bonds. The van der Waals surface area contributed by atoms with Crippen LogP contribution in [-0.4, -0.2) is 24.5 Å². The number of nitrogens with zero attached hydrogens (tertiary/aromatic N) is 1. The van der Waals surface area contributed by atoms with Gasteiger partial charge in [-0.15, -0.1) is 0 Å². The molecule has 1 aliphatic rings. The van der Waals surface area contributed by atoms with Crippen molar-refractivity contribution in [1.82, 2.24) is 4.90 Å². The Morgan fingerprint density at radius 2 is 2.12 bits per heavy atom. The smallest absolute Gasteiger partial charge is 0.259 e. The zero-order valence-corrected chi connectivity index (χ0v) is 10.3. The molecule has 0 N–H and O–H groups in total. The van der Waals surface area contributed by atoms with E-state index in [0.717, 1.165) is 30.6 Å². The summed E-state index contributed by atoms with van der Waals surface area (Å²) >= 11 is 0. The molecule has 0 saturated heterocycles. The number of amides is 1. The summed E-state index contributed by atoms with van der Waals surface area (Å²) in [5.41, 5.74) is 2.43. The summed E-state index contributed by atoms with van der Waals surface area (Å²) in [5, 5.41) is 0. The van der Waals surface area contributed by atoms with Gasteiger partial charge in [0.2, 0.25) is 0 Å². The fourth-order valence-corrected chi connectivity index (χ4v) is 2.05. The molecule has 0 aromatic heterocycles. The van der Waals surface area contributed by atoms with E-state index >= 15 is 0 Å². The Morgan fingerprint density at radius 3 is 2.76 bits per heavy atom. The highest BCUT2D eigenvalue weighted by atomic mass is 16.5. The second kappa shape index (κ2) is 4.62. The molecule has 3 heteroatoms. The second-order valence-electron chi connectivity index (χ2n) is 4.17. The average Bonchev–Trinajstić information content (AvgIpc) is 2.59. The number of fused-ring (bicyclic) bond motifs is 1. The van der Waals surface area contributed by atoms with Crippen LogP contribution in [0.4, 0.5) is 0 Å². The summed E-state index contributed by atoms with van der Waals surface area (Å²) < 4.78 is 5.14. The molecular formula is C14H17NO2. The molecule has 0 saturated carbocycles. The lowest BCUT2D eigenvalue weighted by atomic mass is 10.1. The van der Waals surface area contributed by atoms with Crippen molar-refractivity contribution in [2.24, 2.45) is 0 Å². The van der Waals surface area contributed by atoms with Gasteiger partial charge in [-0.2, -0.15) is 0 Å². The molecule has 1 heterocycles. The van der Waals surface area contributed by atoms with Crippen LogP contribution in [0.5, 0.6) is 5.75 Å². The molecule has 0 radical (unpaired) electrons. The molecule has 0 aliphatic carbocycles.